The molecule has 1 unspecified atom stereocenters. The zero-order valence-corrected chi connectivity index (χ0v) is 9.92. The van der Waals surface area contributed by atoms with Crippen LogP contribution in [0.25, 0.3) is 0 Å². The average Bonchev–Trinajstić information content (AvgIpc) is 2.85. The summed E-state index contributed by atoms with van der Waals surface area (Å²) >= 11 is 1.42. The second kappa shape index (κ2) is 3.90. The Balaban J connectivity index is 2.10. The minimum atomic E-state index is -0.563. The molecule has 16 heavy (non-hydrogen) atoms. The van der Waals surface area contributed by atoms with Crippen molar-refractivity contribution in [2.75, 3.05) is 13.1 Å². The Morgan fingerprint density at radius 1 is 1.56 bits per heavy atom. The van der Waals surface area contributed by atoms with E-state index >= 15 is 0 Å². The molecule has 5 heteroatoms. The molecule has 0 spiro atoms. The van der Waals surface area contributed by atoms with E-state index in [4.69, 9.17) is 5.73 Å². The molecule has 4 nitrogen and oxygen atoms in total. The van der Waals surface area contributed by atoms with E-state index in [-0.39, 0.29) is 11.8 Å². The molecule has 0 aliphatic carbocycles. The van der Waals surface area contributed by atoms with Crippen molar-refractivity contribution in [1.82, 2.24) is 4.90 Å². The van der Waals surface area contributed by atoms with Gasteiger partial charge >= 0.3 is 0 Å². The molecule has 2 N–H and O–H groups in total. The summed E-state index contributed by atoms with van der Waals surface area (Å²) in [6.07, 6.45) is 0.652. The van der Waals surface area contributed by atoms with E-state index in [1.165, 1.54) is 11.3 Å². The van der Waals surface area contributed by atoms with Gasteiger partial charge in [-0.2, -0.15) is 0 Å². The van der Waals surface area contributed by atoms with Crippen molar-refractivity contribution in [3.63, 3.8) is 0 Å². The van der Waals surface area contributed by atoms with Gasteiger partial charge in [0.05, 0.1) is 10.3 Å². The van der Waals surface area contributed by atoms with Crippen molar-refractivity contribution in [1.29, 1.82) is 0 Å². The molecule has 0 radical (unpaired) electrons. The van der Waals surface area contributed by atoms with Crippen molar-refractivity contribution in [2.45, 2.75) is 13.3 Å². The number of thiophene rings is 1. The van der Waals surface area contributed by atoms with Crippen LogP contribution in [0, 0.1) is 5.41 Å². The molecule has 2 rings (SSSR count). The monoisotopic (exact) mass is 238 g/mol. The Morgan fingerprint density at radius 2 is 2.31 bits per heavy atom. The molecule has 1 aromatic rings. The van der Waals surface area contributed by atoms with Gasteiger partial charge in [0, 0.05) is 13.1 Å². The molecule has 1 atom stereocenters. The lowest BCUT2D eigenvalue weighted by molar-refractivity contribution is -0.126. The Bertz CT molecular complexity index is 416. The average molecular weight is 238 g/mol. The second-order valence-corrected chi connectivity index (χ2v) is 5.33. The van der Waals surface area contributed by atoms with Gasteiger partial charge < -0.3 is 10.6 Å². The summed E-state index contributed by atoms with van der Waals surface area (Å²) in [6.45, 7) is 2.85. The fraction of sp³-hybridized carbons (Fsp3) is 0.455. The molecule has 1 fully saturated rings. The first kappa shape index (κ1) is 11.1. The number of primary amides is 1. The fourth-order valence-corrected chi connectivity index (χ4v) is 2.58. The summed E-state index contributed by atoms with van der Waals surface area (Å²) in [5.74, 6) is -0.325. The number of hydrogen-bond acceptors (Lipinski definition) is 3. The maximum absolute atomic E-state index is 12.0. The number of rotatable bonds is 2. The highest BCUT2D eigenvalue weighted by molar-refractivity contribution is 7.12. The van der Waals surface area contributed by atoms with E-state index in [1.54, 1.807) is 11.0 Å². The van der Waals surface area contributed by atoms with Gasteiger partial charge in [0.15, 0.2) is 0 Å². The number of hydrogen-bond donors (Lipinski definition) is 1. The molecule has 0 saturated carbocycles. The van der Waals surface area contributed by atoms with Gasteiger partial charge in [-0.25, -0.2) is 0 Å². The Labute approximate surface area is 98.0 Å². The minimum absolute atomic E-state index is 0.0000231. The van der Waals surface area contributed by atoms with E-state index in [9.17, 15) is 9.59 Å². The lowest BCUT2D eigenvalue weighted by Crippen LogP contribution is -2.38. The van der Waals surface area contributed by atoms with E-state index in [1.807, 2.05) is 18.4 Å². The zero-order chi connectivity index (χ0) is 11.8. The number of likely N-dealkylation sites (tertiary alicyclic amines) is 1. The van der Waals surface area contributed by atoms with E-state index in [2.05, 4.69) is 0 Å². The summed E-state index contributed by atoms with van der Waals surface area (Å²) in [5.41, 5.74) is 4.78. The first-order chi connectivity index (χ1) is 7.53. The van der Waals surface area contributed by atoms with Crippen LogP contribution in [0.1, 0.15) is 23.0 Å². The van der Waals surface area contributed by atoms with Crippen molar-refractivity contribution in [2.24, 2.45) is 11.1 Å². The largest absolute Gasteiger partial charge is 0.369 e. The molecular weight excluding hydrogens is 224 g/mol. The summed E-state index contributed by atoms with van der Waals surface area (Å²) in [7, 11) is 0. The molecule has 86 valence electrons. The van der Waals surface area contributed by atoms with Gasteiger partial charge in [0.2, 0.25) is 5.91 Å². The molecular formula is C11H14N2O2S. The number of nitrogens with two attached hydrogens (primary N) is 1. The molecule has 1 aromatic heterocycles. The van der Waals surface area contributed by atoms with E-state index in [0.29, 0.717) is 24.4 Å². The van der Waals surface area contributed by atoms with Crippen LogP contribution < -0.4 is 5.73 Å². The summed E-state index contributed by atoms with van der Waals surface area (Å²) in [4.78, 5) is 25.7. The smallest absolute Gasteiger partial charge is 0.263 e. The van der Waals surface area contributed by atoms with E-state index in [0.717, 1.165) is 0 Å². The zero-order valence-electron chi connectivity index (χ0n) is 9.10. The first-order valence-electron chi connectivity index (χ1n) is 5.16. The lowest BCUT2D eigenvalue weighted by Gasteiger charge is -2.20. The Hall–Kier alpha value is -1.36. The fourth-order valence-electron chi connectivity index (χ4n) is 1.89. The molecule has 2 heterocycles. The van der Waals surface area contributed by atoms with Crippen molar-refractivity contribution in [3.05, 3.63) is 22.4 Å². The molecule has 1 aliphatic heterocycles. The van der Waals surface area contributed by atoms with Crippen LogP contribution >= 0.6 is 11.3 Å². The van der Waals surface area contributed by atoms with Crippen molar-refractivity contribution < 1.29 is 9.59 Å². The number of carbonyl (C=O) groups excluding carboxylic acids is 2. The highest BCUT2D eigenvalue weighted by Gasteiger charge is 2.40. The minimum Gasteiger partial charge on any atom is -0.369 e. The second-order valence-electron chi connectivity index (χ2n) is 4.38. The first-order valence-corrected chi connectivity index (χ1v) is 6.03. The molecule has 1 aliphatic rings. The van der Waals surface area contributed by atoms with Gasteiger partial charge in [0.25, 0.3) is 5.91 Å². The quantitative estimate of drug-likeness (QED) is 0.838. The van der Waals surface area contributed by atoms with Gasteiger partial charge in [-0.15, -0.1) is 11.3 Å². The van der Waals surface area contributed by atoms with Gasteiger partial charge in [-0.1, -0.05) is 6.07 Å². The Kier molecular flexibility index (Phi) is 2.71. The van der Waals surface area contributed by atoms with Gasteiger partial charge in [0.1, 0.15) is 0 Å². The molecule has 0 bridgehead atoms. The number of nitrogens with zero attached hydrogens (tertiary/aromatic N) is 1. The number of amides is 2. The lowest BCUT2D eigenvalue weighted by atomic mass is 9.89. The summed E-state index contributed by atoms with van der Waals surface area (Å²) < 4.78 is 0. The van der Waals surface area contributed by atoms with Crippen LogP contribution in [0.5, 0.6) is 0 Å². The predicted octanol–water partition coefficient (Wildman–Crippen LogP) is 1.09. The summed E-state index contributed by atoms with van der Waals surface area (Å²) in [6, 6.07) is 3.65. The van der Waals surface area contributed by atoms with Crippen molar-refractivity contribution >= 4 is 23.2 Å². The maximum Gasteiger partial charge on any atom is 0.263 e. The van der Waals surface area contributed by atoms with Crippen LogP contribution in [0.15, 0.2) is 17.5 Å². The van der Waals surface area contributed by atoms with Crippen LogP contribution in [0.2, 0.25) is 0 Å². The van der Waals surface area contributed by atoms with E-state index < -0.39 is 5.41 Å². The molecule has 2 amide bonds. The highest BCUT2D eigenvalue weighted by Crippen LogP contribution is 2.30. The van der Waals surface area contributed by atoms with Crippen LogP contribution in [-0.4, -0.2) is 29.8 Å². The topological polar surface area (TPSA) is 63.4 Å². The van der Waals surface area contributed by atoms with Crippen LogP contribution in [-0.2, 0) is 4.79 Å². The van der Waals surface area contributed by atoms with Gasteiger partial charge in [-0.3, -0.25) is 9.59 Å². The third-order valence-electron chi connectivity index (χ3n) is 3.09. The standard InChI is InChI=1S/C11H14N2O2S/c1-11(10(12)15)4-5-13(7-11)9(14)8-3-2-6-16-8/h2-3,6H,4-5,7H2,1H3,(H2,12,15). The molecule has 0 aromatic carbocycles. The Morgan fingerprint density at radius 3 is 2.81 bits per heavy atom. The third-order valence-corrected chi connectivity index (χ3v) is 3.95. The van der Waals surface area contributed by atoms with Crippen molar-refractivity contribution in [3.8, 4) is 0 Å². The normalized spacial score (nSPS) is 24.7. The predicted molar refractivity (Wildman–Crippen MR) is 62.1 cm³/mol. The third kappa shape index (κ3) is 1.82. The summed E-state index contributed by atoms with van der Waals surface area (Å²) in [5, 5.41) is 1.87. The molecule has 1 saturated heterocycles. The van der Waals surface area contributed by atoms with Crippen LogP contribution in [0.4, 0.5) is 0 Å². The van der Waals surface area contributed by atoms with Crippen LogP contribution in [0.3, 0.4) is 0 Å². The SMILES string of the molecule is CC1(C(N)=O)CCN(C(=O)c2cccs2)C1. The highest BCUT2D eigenvalue weighted by atomic mass is 32.1. The number of carbonyl (C=O) groups is 2. The van der Waals surface area contributed by atoms with Gasteiger partial charge in [-0.05, 0) is 24.8 Å². The maximum atomic E-state index is 12.0.